The minimum Gasteiger partial charge on any atom is -0.389 e. The molecule has 0 spiro atoms. The largest absolute Gasteiger partial charge is 0.389 e. The molecule has 14 heavy (non-hydrogen) atoms. The van der Waals surface area contributed by atoms with Gasteiger partial charge in [-0.15, -0.1) is 0 Å². The van der Waals surface area contributed by atoms with Gasteiger partial charge in [-0.3, -0.25) is 0 Å². The van der Waals surface area contributed by atoms with E-state index >= 15 is 0 Å². The Morgan fingerprint density at radius 3 is 2.71 bits per heavy atom. The van der Waals surface area contributed by atoms with E-state index in [-0.39, 0.29) is 6.10 Å². The van der Waals surface area contributed by atoms with Gasteiger partial charge in [0.2, 0.25) is 0 Å². The van der Waals surface area contributed by atoms with Crippen LogP contribution < -0.4 is 0 Å². The Hall–Kier alpha value is -0.160. The van der Waals surface area contributed by atoms with Crippen molar-refractivity contribution >= 4 is 0 Å². The van der Waals surface area contributed by atoms with Gasteiger partial charge in [-0.25, -0.2) is 0 Å². The molecule has 4 nitrogen and oxygen atoms in total. The van der Waals surface area contributed by atoms with Crippen molar-refractivity contribution in [3.8, 4) is 0 Å². The first kappa shape index (κ1) is 13.8. The molecule has 0 bridgehead atoms. The molecule has 0 aliphatic heterocycles. The van der Waals surface area contributed by atoms with Gasteiger partial charge in [0, 0.05) is 33.4 Å². The molecule has 0 aliphatic rings. The van der Waals surface area contributed by atoms with E-state index in [4.69, 9.17) is 9.47 Å². The van der Waals surface area contributed by atoms with E-state index in [9.17, 15) is 5.11 Å². The van der Waals surface area contributed by atoms with Crippen LogP contribution in [0.15, 0.2) is 0 Å². The molecule has 4 heteroatoms. The molecule has 0 radical (unpaired) electrons. The molecule has 0 aliphatic carbocycles. The molecule has 0 rings (SSSR count). The summed E-state index contributed by atoms with van der Waals surface area (Å²) in [7, 11) is 3.69. The van der Waals surface area contributed by atoms with E-state index in [1.165, 1.54) is 0 Å². The van der Waals surface area contributed by atoms with Crippen LogP contribution in [0.1, 0.15) is 13.3 Å². The monoisotopic (exact) mass is 205 g/mol. The van der Waals surface area contributed by atoms with E-state index in [2.05, 4.69) is 4.90 Å². The van der Waals surface area contributed by atoms with Crippen LogP contribution in [0, 0.1) is 0 Å². The minimum absolute atomic E-state index is 0.387. The number of ether oxygens (including phenoxy) is 2. The molecule has 1 atom stereocenters. The van der Waals surface area contributed by atoms with E-state index in [0.29, 0.717) is 19.8 Å². The van der Waals surface area contributed by atoms with Gasteiger partial charge in [0.15, 0.2) is 0 Å². The van der Waals surface area contributed by atoms with E-state index < -0.39 is 0 Å². The predicted octanol–water partition coefficient (Wildman–Crippen LogP) is 0.352. The molecule has 1 N–H and O–H groups in total. The Kier molecular flexibility index (Phi) is 9.29. The quantitative estimate of drug-likeness (QED) is 0.552. The Morgan fingerprint density at radius 1 is 1.43 bits per heavy atom. The summed E-state index contributed by atoms with van der Waals surface area (Å²) < 4.78 is 10.1. The first-order valence-electron chi connectivity index (χ1n) is 5.14. The Labute approximate surface area is 86.8 Å². The van der Waals surface area contributed by atoms with Crippen LogP contribution in [0.5, 0.6) is 0 Å². The molecule has 0 heterocycles. The van der Waals surface area contributed by atoms with Crippen LogP contribution in [0.2, 0.25) is 0 Å². The number of methoxy groups -OCH3 is 1. The zero-order chi connectivity index (χ0) is 10.8. The van der Waals surface area contributed by atoms with Crippen molar-refractivity contribution in [3.05, 3.63) is 0 Å². The highest BCUT2D eigenvalue weighted by atomic mass is 16.5. The number of aliphatic hydroxyl groups is 1. The number of hydrogen-bond acceptors (Lipinski definition) is 4. The van der Waals surface area contributed by atoms with Gasteiger partial charge in [-0.2, -0.15) is 0 Å². The van der Waals surface area contributed by atoms with Gasteiger partial charge in [-0.1, -0.05) is 0 Å². The molecule has 0 fully saturated rings. The van der Waals surface area contributed by atoms with E-state index in [1.807, 2.05) is 14.0 Å². The molecule has 1 unspecified atom stereocenters. The maximum atomic E-state index is 9.51. The summed E-state index contributed by atoms with van der Waals surface area (Å²) in [6.45, 7) is 5.37. The van der Waals surface area contributed by atoms with Crippen molar-refractivity contribution in [2.75, 3.05) is 47.1 Å². The zero-order valence-electron chi connectivity index (χ0n) is 9.53. The Morgan fingerprint density at radius 2 is 2.14 bits per heavy atom. The maximum Gasteiger partial charge on any atom is 0.0900 e. The van der Waals surface area contributed by atoms with Crippen LogP contribution in [0.4, 0.5) is 0 Å². The van der Waals surface area contributed by atoms with Crippen LogP contribution in [0.3, 0.4) is 0 Å². The zero-order valence-corrected chi connectivity index (χ0v) is 9.53. The maximum absolute atomic E-state index is 9.51. The summed E-state index contributed by atoms with van der Waals surface area (Å²) in [5.41, 5.74) is 0. The van der Waals surface area contributed by atoms with Crippen molar-refractivity contribution in [1.82, 2.24) is 4.90 Å². The minimum atomic E-state index is -0.387. The van der Waals surface area contributed by atoms with Crippen LogP contribution in [-0.2, 0) is 9.47 Å². The highest BCUT2D eigenvalue weighted by molar-refractivity contribution is 4.60. The SMILES string of the molecule is CCOCC(O)CN(C)CCCOC. The van der Waals surface area contributed by atoms with E-state index in [0.717, 1.165) is 19.6 Å². The number of likely N-dealkylation sites (N-methyl/N-ethyl adjacent to an activating group) is 1. The second kappa shape index (κ2) is 9.40. The van der Waals surface area contributed by atoms with Crippen molar-refractivity contribution < 1.29 is 14.6 Å². The Balaban J connectivity index is 3.35. The average molecular weight is 205 g/mol. The van der Waals surface area contributed by atoms with Crippen molar-refractivity contribution in [2.45, 2.75) is 19.4 Å². The summed E-state index contributed by atoms with van der Waals surface area (Å²) in [5, 5.41) is 9.51. The molecule has 0 amide bonds. The molecule has 0 aromatic rings. The van der Waals surface area contributed by atoms with Gasteiger partial charge in [0.1, 0.15) is 0 Å². The average Bonchev–Trinajstić information content (AvgIpc) is 2.15. The third-order valence-electron chi connectivity index (χ3n) is 1.93. The first-order valence-corrected chi connectivity index (χ1v) is 5.14. The predicted molar refractivity (Wildman–Crippen MR) is 56.5 cm³/mol. The molecule has 0 saturated heterocycles. The highest BCUT2D eigenvalue weighted by Crippen LogP contribution is 1.93. The lowest BCUT2D eigenvalue weighted by Crippen LogP contribution is -2.33. The van der Waals surface area contributed by atoms with Crippen LogP contribution >= 0.6 is 0 Å². The highest BCUT2D eigenvalue weighted by Gasteiger charge is 2.07. The molecular formula is C10H23NO3. The normalized spacial score (nSPS) is 13.5. The summed E-state index contributed by atoms with van der Waals surface area (Å²) in [6, 6.07) is 0. The lowest BCUT2D eigenvalue weighted by atomic mass is 10.3. The fourth-order valence-corrected chi connectivity index (χ4v) is 1.24. The number of nitrogens with zero attached hydrogens (tertiary/aromatic N) is 1. The summed E-state index contributed by atoms with van der Waals surface area (Å²) in [4.78, 5) is 2.09. The lowest BCUT2D eigenvalue weighted by molar-refractivity contribution is 0.0244. The van der Waals surface area contributed by atoms with Crippen molar-refractivity contribution in [1.29, 1.82) is 0 Å². The molecule has 86 valence electrons. The molecule has 0 aromatic heterocycles. The molecular weight excluding hydrogens is 182 g/mol. The van der Waals surface area contributed by atoms with E-state index in [1.54, 1.807) is 7.11 Å². The summed E-state index contributed by atoms with van der Waals surface area (Å²) in [6.07, 6.45) is 0.608. The van der Waals surface area contributed by atoms with Crippen LogP contribution in [0.25, 0.3) is 0 Å². The standard InChI is InChI=1S/C10H23NO3/c1-4-14-9-10(12)8-11(2)6-5-7-13-3/h10,12H,4-9H2,1-3H3. The van der Waals surface area contributed by atoms with Crippen LogP contribution in [-0.4, -0.2) is 63.2 Å². The Bertz CT molecular complexity index is 122. The summed E-state index contributed by atoms with van der Waals surface area (Å²) >= 11 is 0. The topological polar surface area (TPSA) is 41.9 Å². The smallest absolute Gasteiger partial charge is 0.0900 e. The molecule has 0 aromatic carbocycles. The second-order valence-corrected chi connectivity index (χ2v) is 3.42. The van der Waals surface area contributed by atoms with Gasteiger partial charge >= 0.3 is 0 Å². The number of hydrogen-bond donors (Lipinski definition) is 1. The van der Waals surface area contributed by atoms with Gasteiger partial charge in [0.25, 0.3) is 0 Å². The van der Waals surface area contributed by atoms with Gasteiger partial charge in [0.05, 0.1) is 12.7 Å². The van der Waals surface area contributed by atoms with Gasteiger partial charge in [-0.05, 0) is 20.4 Å². The summed E-state index contributed by atoms with van der Waals surface area (Å²) in [5.74, 6) is 0. The lowest BCUT2D eigenvalue weighted by Gasteiger charge is -2.20. The number of aliphatic hydroxyl groups excluding tert-OH is 1. The number of rotatable bonds is 9. The first-order chi connectivity index (χ1) is 6.70. The van der Waals surface area contributed by atoms with Gasteiger partial charge < -0.3 is 19.5 Å². The van der Waals surface area contributed by atoms with Crippen molar-refractivity contribution in [3.63, 3.8) is 0 Å². The second-order valence-electron chi connectivity index (χ2n) is 3.42. The fraction of sp³-hybridized carbons (Fsp3) is 1.00. The third-order valence-corrected chi connectivity index (χ3v) is 1.93. The van der Waals surface area contributed by atoms with Crippen molar-refractivity contribution in [2.24, 2.45) is 0 Å². The molecule has 0 saturated carbocycles. The third kappa shape index (κ3) is 8.44. The fourth-order valence-electron chi connectivity index (χ4n) is 1.24.